The molecule has 2 atom stereocenters. The molecule has 0 bridgehead atoms. The van der Waals surface area contributed by atoms with Crippen molar-refractivity contribution < 1.29 is 9.90 Å². The normalized spacial score (nSPS) is 31.0. The second kappa shape index (κ2) is 6.21. The van der Waals surface area contributed by atoms with Crippen LogP contribution in [-0.2, 0) is 4.79 Å². The van der Waals surface area contributed by atoms with Crippen LogP contribution in [-0.4, -0.2) is 11.1 Å². The van der Waals surface area contributed by atoms with Crippen molar-refractivity contribution in [2.75, 3.05) is 0 Å². The number of hydrogen-bond acceptors (Lipinski definition) is 1. The number of rotatable bonds is 3. The molecule has 2 unspecified atom stereocenters. The quantitative estimate of drug-likeness (QED) is 0.849. The first-order valence-corrected chi connectivity index (χ1v) is 8.53. The largest absolute Gasteiger partial charge is 0.481 e. The lowest BCUT2D eigenvalue weighted by Gasteiger charge is -2.47. The Labute approximate surface area is 127 Å². The monoisotopic (exact) mass is 286 g/mol. The Kier molecular flexibility index (Phi) is 4.32. The van der Waals surface area contributed by atoms with Crippen LogP contribution in [0, 0.1) is 11.3 Å². The van der Waals surface area contributed by atoms with Gasteiger partial charge in [0.05, 0.1) is 5.41 Å². The van der Waals surface area contributed by atoms with Gasteiger partial charge in [-0.15, -0.1) is 0 Å². The van der Waals surface area contributed by atoms with Gasteiger partial charge in [0.15, 0.2) is 0 Å². The van der Waals surface area contributed by atoms with Gasteiger partial charge in [-0.1, -0.05) is 62.4 Å². The highest BCUT2D eigenvalue weighted by molar-refractivity contribution is 5.77. The van der Waals surface area contributed by atoms with Crippen LogP contribution in [0.1, 0.15) is 69.3 Å². The number of carboxylic acids is 1. The molecular formula is C19H26O2. The SMILES string of the molecule is O=C(O)C1(C2CCCCC2)CCCCC1c1ccccc1. The zero-order chi connectivity index (χ0) is 14.7. The van der Waals surface area contributed by atoms with Crippen molar-refractivity contribution in [2.45, 2.75) is 63.7 Å². The van der Waals surface area contributed by atoms with Crippen LogP contribution in [0.4, 0.5) is 0 Å². The summed E-state index contributed by atoms with van der Waals surface area (Å²) in [5.41, 5.74) is 0.727. The zero-order valence-corrected chi connectivity index (χ0v) is 12.8. The first kappa shape index (κ1) is 14.6. The Balaban J connectivity index is 2.00. The molecule has 3 rings (SSSR count). The van der Waals surface area contributed by atoms with E-state index in [2.05, 4.69) is 24.3 Å². The third-order valence-corrected chi connectivity index (χ3v) is 5.89. The van der Waals surface area contributed by atoms with E-state index in [0.717, 1.165) is 32.1 Å². The molecule has 2 fully saturated rings. The molecule has 0 aliphatic heterocycles. The van der Waals surface area contributed by atoms with E-state index in [-0.39, 0.29) is 5.92 Å². The topological polar surface area (TPSA) is 37.3 Å². The van der Waals surface area contributed by atoms with E-state index in [4.69, 9.17) is 0 Å². The summed E-state index contributed by atoms with van der Waals surface area (Å²) in [6, 6.07) is 10.4. The summed E-state index contributed by atoms with van der Waals surface area (Å²) in [5.74, 6) is 0.0326. The van der Waals surface area contributed by atoms with E-state index in [9.17, 15) is 9.90 Å². The van der Waals surface area contributed by atoms with E-state index in [1.54, 1.807) is 0 Å². The average molecular weight is 286 g/mol. The maximum Gasteiger partial charge on any atom is 0.310 e. The zero-order valence-electron chi connectivity index (χ0n) is 12.8. The van der Waals surface area contributed by atoms with Gasteiger partial charge >= 0.3 is 5.97 Å². The Bertz CT molecular complexity index is 476. The highest BCUT2D eigenvalue weighted by Crippen LogP contribution is 2.55. The van der Waals surface area contributed by atoms with Crippen LogP contribution >= 0.6 is 0 Å². The predicted octanol–water partition coefficient (Wildman–Crippen LogP) is 5.00. The summed E-state index contributed by atoms with van der Waals surface area (Å²) in [5, 5.41) is 10.2. The molecule has 1 N–H and O–H groups in total. The molecule has 1 aromatic carbocycles. The number of carboxylic acid groups (broad SMARTS) is 1. The van der Waals surface area contributed by atoms with Crippen LogP contribution in [0.3, 0.4) is 0 Å². The van der Waals surface area contributed by atoms with Crippen LogP contribution in [0.2, 0.25) is 0 Å². The summed E-state index contributed by atoms with van der Waals surface area (Å²) < 4.78 is 0. The summed E-state index contributed by atoms with van der Waals surface area (Å²) in [6.45, 7) is 0. The second-order valence-corrected chi connectivity index (χ2v) is 6.89. The highest BCUT2D eigenvalue weighted by Gasteiger charge is 2.52. The van der Waals surface area contributed by atoms with Crippen molar-refractivity contribution in [3.63, 3.8) is 0 Å². The molecule has 1 aromatic rings. The fourth-order valence-corrected chi connectivity index (χ4v) is 4.88. The van der Waals surface area contributed by atoms with Gasteiger partial charge in [0, 0.05) is 5.92 Å². The molecule has 0 radical (unpaired) electrons. The third kappa shape index (κ3) is 2.61. The van der Waals surface area contributed by atoms with Crippen molar-refractivity contribution >= 4 is 5.97 Å². The highest BCUT2D eigenvalue weighted by atomic mass is 16.4. The van der Waals surface area contributed by atoms with E-state index >= 15 is 0 Å². The standard InChI is InChI=1S/C19H26O2/c20-18(21)19(16-11-5-2-6-12-16)14-8-7-13-17(19)15-9-3-1-4-10-15/h1,3-4,9-10,16-17H,2,5-8,11-14H2,(H,20,21). The van der Waals surface area contributed by atoms with Gasteiger partial charge < -0.3 is 5.11 Å². The van der Waals surface area contributed by atoms with Crippen LogP contribution in [0.5, 0.6) is 0 Å². The number of hydrogen-bond donors (Lipinski definition) is 1. The van der Waals surface area contributed by atoms with E-state index in [1.807, 2.05) is 6.07 Å². The molecule has 0 spiro atoms. The first-order valence-electron chi connectivity index (χ1n) is 8.53. The van der Waals surface area contributed by atoms with Crippen LogP contribution in [0.15, 0.2) is 30.3 Å². The summed E-state index contributed by atoms with van der Waals surface area (Å²) >= 11 is 0. The molecule has 0 amide bonds. The van der Waals surface area contributed by atoms with Crippen LogP contribution < -0.4 is 0 Å². The molecule has 2 nitrogen and oxygen atoms in total. The minimum absolute atomic E-state index is 0.202. The van der Waals surface area contributed by atoms with Crippen molar-refractivity contribution in [3.05, 3.63) is 35.9 Å². The van der Waals surface area contributed by atoms with Gasteiger partial charge in [0.2, 0.25) is 0 Å². The maximum absolute atomic E-state index is 12.4. The molecule has 0 aromatic heterocycles. The Morgan fingerprint density at radius 2 is 1.62 bits per heavy atom. The fourth-order valence-electron chi connectivity index (χ4n) is 4.88. The smallest absolute Gasteiger partial charge is 0.310 e. The maximum atomic E-state index is 12.4. The molecule has 2 heteroatoms. The third-order valence-electron chi connectivity index (χ3n) is 5.89. The molecule has 21 heavy (non-hydrogen) atoms. The average Bonchev–Trinajstić information content (AvgIpc) is 2.56. The minimum Gasteiger partial charge on any atom is -0.481 e. The Morgan fingerprint density at radius 1 is 0.952 bits per heavy atom. The Morgan fingerprint density at radius 3 is 2.29 bits per heavy atom. The number of carbonyl (C=O) groups is 1. The number of aliphatic carboxylic acids is 1. The van der Waals surface area contributed by atoms with Crippen molar-refractivity contribution in [1.82, 2.24) is 0 Å². The van der Waals surface area contributed by atoms with Gasteiger partial charge in [-0.3, -0.25) is 4.79 Å². The molecule has 0 heterocycles. The van der Waals surface area contributed by atoms with E-state index in [0.29, 0.717) is 5.92 Å². The van der Waals surface area contributed by atoms with Gasteiger partial charge in [-0.2, -0.15) is 0 Å². The Hall–Kier alpha value is -1.31. The lowest BCUT2D eigenvalue weighted by molar-refractivity contribution is -0.158. The molecule has 2 aliphatic rings. The van der Waals surface area contributed by atoms with E-state index < -0.39 is 11.4 Å². The number of benzene rings is 1. The molecule has 0 saturated heterocycles. The van der Waals surface area contributed by atoms with Gasteiger partial charge in [0.25, 0.3) is 0 Å². The second-order valence-electron chi connectivity index (χ2n) is 6.89. The minimum atomic E-state index is -0.539. The first-order chi connectivity index (χ1) is 10.2. The lowest BCUT2D eigenvalue weighted by atomic mass is 9.55. The molecular weight excluding hydrogens is 260 g/mol. The fraction of sp³-hybridized carbons (Fsp3) is 0.632. The summed E-state index contributed by atoms with van der Waals surface area (Å²) in [7, 11) is 0. The van der Waals surface area contributed by atoms with Crippen LogP contribution in [0.25, 0.3) is 0 Å². The van der Waals surface area contributed by atoms with Gasteiger partial charge in [-0.25, -0.2) is 0 Å². The lowest BCUT2D eigenvalue weighted by Crippen LogP contribution is -2.46. The van der Waals surface area contributed by atoms with Gasteiger partial charge in [-0.05, 0) is 37.2 Å². The summed E-state index contributed by atoms with van der Waals surface area (Å²) in [4.78, 5) is 12.4. The molecule has 114 valence electrons. The summed E-state index contributed by atoms with van der Waals surface area (Å²) in [6.07, 6.45) is 10.1. The van der Waals surface area contributed by atoms with Gasteiger partial charge in [0.1, 0.15) is 0 Å². The van der Waals surface area contributed by atoms with Crippen molar-refractivity contribution in [2.24, 2.45) is 11.3 Å². The van der Waals surface area contributed by atoms with E-state index in [1.165, 1.54) is 31.2 Å². The predicted molar refractivity (Wildman–Crippen MR) is 84.3 cm³/mol. The van der Waals surface area contributed by atoms with Crippen molar-refractivity contribution in [3.8, 4) is 0 Å². The molecule has 2 saturated carbocycles. The molecule has 2 aliphatic carbocycles. The van der Waals surface area contributed by atoms with Crippen molar-refractivity contribution in [1.29, 1.82) is 0 Å².